The maximum absolute atomic E-state index is 12.2. The molecule has 1 fully saturated rings. The number of nitrogens with zero attached hydrogens (tertiary/aromatic N) is 2. The topological polar surface area (TPSA) is 65.8 Å². The van der Waals surface area contributed by atoms with Gasteiger partial charge in [0.05, 0.1) is 12.3 Å². The molecule has 1 N–H and O–H groups in total. The van der Waals surface area contributed by atoms with E-state index in [0.29, 0.717) is 19.6 Å². The summed E-state index contributed by atoms with van der Waals surface area (Å²) < 4.78 is 34.1. The van der Waals surface area contributed by atoms with Crippen LogP contribution in [-0.2, 0) is 10.2 Å². The zero-order valence-electron chi connectivity index (χ0n) is 12.8. The fourth-order valence-electron chi connectivity index (χ4n) is 2.78. The van der Waals surface area contributed by atoms with Crippen LogP contribution in [0, 0.1) is 0 Å². The second-order valence-electron chi connectivity index (χ2n) is 5.21. The molecule has 1 unspecified atom stereocenters. The van der Waals surface area contributed by atoms with Gasteiger partial charge in [-0.2, -0.15) is 12.7 Å². The Morgan fingerprint density at radius 2 is 2.00 bits per heavy atom. The monoisotopic (exact) mass is 315 g/mol. The van der Waals surface area contributed by atoms with Gasteiger partial charge in [0.1, 0.15) is 5.76 Å². The average molecular weight is 315 g/mol. The Morgan fingerprint density at radius 1 is 1.33 bits per heavy atom. The van der Waals surface area contributed by atoms with Crippen LogP contribution in [0.5, 0.6) is 0 Å². The highest BCUT2D eigenvalue weighted by molar-refractivity contribution is 7.87. The molecule has 21 heavy (non-hydrogen) atoms. The average Bonchev–Trinajstić information content (AvgIpc) is 3.13. The van der Waals surface area contributed by atoms with Crippen molar-refractivity contribution in [3.63, 3.8) is 0 Å². The Kier molecular flexibility index (Phi) is 5.80. The lowest BCUT2D eigenvalue weighted by atomic mass is 10.2. The van der Waals surface area contributed by atoms with Gasteiger partial charge < -0.3 is 4.42 Å². The molecule has 1 aromatic heterocycles. The molecule has 0 saturated carbocycles. The van der Waals surface area contributed by atoms with Crippen molar-refractivity contribution in [2.75, 3.05) is 32.7 Å². The Morgan fingerprint density at radius 3 is 2.52 bits per heavy atom. The molecule has 0 aromatic carbocycles. The van der Waals surface area contributed by atoms with Crippen molar-refractivity contribution < 1.29 is 12.8 Å². The Balaban J connectivity index is 2.06. The highest BCUT2D eigenvalue weighted by Crippen LogP contribution is 2.25. The minimum atomic E-state index is -3.42. The highest BCUT2D eigenvalue weighted by atomic mass is 32.2. The highest BCUT2D eigenvalue weighted by Gasteiger charge is 2.28. The Labute approximate surface area is 127 Å². The summed E-state index contributed by atoms with van der Waals surface area (Å²) in [7, 11) is -3.42. The van der Waals surface area contributed by atoms with Gasteiger partial charge in [0, 0.05) is 19.6 Å². The van der Waals surface area contributed by atoms with Crippen molar-refractivity contribution in [1.82, 2.24) is 13.9 Å². The van der Waals surface area contributed by atoms with E-state index in [1.807, 2.05) is 26.0 Å². The first-order valence-corrected chi connectivity index (χ1v) is 9.04. The number of rotatable bonds is 8. The molecule has 120 valence electrons. The quantitative estimate of drug-likeness (QED) is 0.791. The largest absolute Gasteiger partial charge is 0.468 e. The molecular formula is C14H25N3O3S. The lowest BCUT2D eigenvalue weighted by Crippen LogP contribution is -2.44. The summed E-state index contributed by atoms with van der Waals surface area (Å²) >= 11 is 0. The maximum Gasteiger partial charge on any atom is 0.279 e. The van der Waals surface area contributed by atoms with Crippen LogP contribution in [-0.4, -0.2) is 50.3 Å². The minimum absolute atomic E-state index is 0.0344. The van der Waals surface area contributed by atoms with Gasteiger partial charge >= 0.3 is 0 Å². The van der Waals surface area contributed by atoms with Crippen LogP contribution < -0.4 is 4.72 Å². The first-order chi connectivity index (χ1) is 10.1. The minimum Gasteiger partial charge on any atom is -0.468 e. The van der Waals surface area contributed by atoms with Crippen molar-refractivity contribution in [3.05, 3.63) is 24.2 Å². The molecule has 0 aliphatic carbocycles. The molecule has 6 nitrogen and oxygen atoms in total. The summed E-state index contributed by atoms with van der Waals surface area (Å²) in [5.74, 6) is 0.819. The van der Waals surface area contributed by atoms with Crippen molar-refractivity contribution in [2.24, 2.45) is 0 Å². The normalized spacial score (nSPS) is 18.4. The number of hydrogen-bond donors (Lipinski definition) is 1. The van der Waals surface area contributed by atoms with Gasteiger partial charge in [0.15, 0.2) is 0 Å². The number of likely N-dealkylation sites (tertiary alicyclic amines) is 1. The van der Waals surface area contributed by atoms with E-state index in [1.165, 1.54) is 4.31 Å². The molecule has 7 heteroatoms. The fraction of sp³-hybridized carbons (Fsp3) is 0.714. The van der Waals surface area contributed by atoms with Gasteiger partial charge in [-0.1, -0.05) is 13.8 Å². The first-order valence-electron chi connectivity index (χ1n) is 7.60. The standard InChI is InChI=1S/C14H25N3O3S/c1-3-17(4-2)21(18,19)15-12-13(14-8-7-11-20-14)16-9-5-6-10-16/h7-8,11,13,15H,3-6,9-10,12H2,1-2H3. The molecule has 0 bridgehead atoms. The second kappa shape index (κ2) is 7.40. The smallest absolute Gasteiger partial charge is 0.279 e. The summed E-state index contributed by atoms with van der Waals surface area (Å²) in [5, 5.41) is 0. The van der Waals surface area contributed by atoms with Gasteiger partial charge in [-0.05, 0) is 38.1 Å². The third kappa shape index (κ3) is 4.06. The molecule has 0 spiro atoms. The van der Waals surface area contributed by atoms with E-state index in [4.69, 9.17) is 4.42 Å². The second-order valence-corrected chi connectivity index (χ2v) is 6.97. The molecule has 0 amide bonds. The maximum atomic E-state index is 12.2. The van der Waals surface area contributed by atoms with E-state index in [0.717, 1.165) is 31.7 Å². The van der Waals surface area contributed by atoms with E-state index in [1.54, 1.807) is 6.26 Å². The van der Waals surface area contributed by atoms with E-state index < -0.39 is 10.2 Å². The van der Waals surface area contributed by atoms with Crippen LogP contribution in [0.3, 0.4) is 0 Å². The van der Waals surface area contributed by atoms with Crippen molar-refractivity contribution in [1.29, 1.82) is 0 Å². The molecule has 1 aromatic rings. The Hall–Kier alpha value is -0.890. The fourth-order valence-corrected chi connectivity index (χ4v) is 4.01. The molecule has 1 aliphatic rings. The molecule has 2 rings (SSSR count). The molecule has 2 heterocycles. The van der Waals surface area contributed by atoms with Gasteiger partial charge in [-0.25, -0.2) is 4.72 Å². The van der Waals surface area contributed by atoms with Gasteiger partial charge in [0.25, 0.3) is 10.2 Å². The molecule has 1 aliphatic heterocycles. The van der Waals surface area contributed by atoms with E-state index in [2.05, 4.69) is 9.62 Å². The predicted molar refractivity (Wildman–Crippen MR) is 82.1 cm³/mol. The summed E-state index contributed by atoms with van der Waals surface area (Å²) in [5.41, 5.74) is 0. The lowest BCUT2D eigenvalue weighted by molar-refractivity contribution is 0.215. The third-order valence-electron chi connectivity index (χ3n) is 3.96. The lowest BCUT2D eigenvalue weighted by Gasteiger charge is -2.27. The van der Waals surface area contributed by atoms with E-state index in [9.17, 15) is 8.42 Å². The molecule has 1 atom stereocenters. The number of nitrogens with one attached hydrogen (secondary N) is 1. The molecular weight excluding hydrogens is 290 g/mol. The van der Waals surface area contributed by atoms with Crippen LogP contribution >= 0.6 is 0 Å². The SMILES string of the molecule is CCN(CC)S(=O)(=O)NCC(c1ccco1)N1CCCC1. The molecule has 0 radical (unpaired) electrons. The van der Waals surface area contributed by atoms with Crippen LogP contribution in [0.25, 0.3) is 0 Å². The van der Waals surface area contributed by atoms with E-state index >= 15 is 0 Å². The summed E-state index contributed by atoms with van der Waals surface area (Å²) in [4.78, 5) is 2.28. The van der Waals surface area contributed by atoms with Crippen molar-refractivity contribution >= 4 is 10.2 Å². The van der Waals surface area contributed by atoms with Crippen LogP contribution in [0.15, 0.2) is 22.8 Å². The van der Waals surface area contributed by atoms with Crippen molar-refractivity contribution in [3.8, 4) is 0 Å². The summed E-state index contributed by atoms with van der Waals surface area (Å²) in [6.45, 7) is 6.94. The van der Waals surface area contributed by atoms with Crippen LogP contribution in [0.1, 0.15) is 38.5 Å². The zero-order chi connectivity index (χ0) is 15.3. The first kappa shape index (κ1) is 16.5. The van der Waals surface area contributed by atoms with Crippen molar-refractivity contribution in [2.45, 2.75) is 32.7 Å². The number of hydrogen-bond acceptors (Lipinski definition) is 4. The zero-order valence-corrected chi connectivity index (χ0v) is 13.6. The third-order valence-corrected chi connectivity index (χ3v) is 5.69. The Bertz CT molecular complexity index is 506. The van der Waals surface area contributed by atoms with Crippen LogP contribution in [0.4, 0.5) is 0 Å². The molecule has 1 saturated heterocycles. The summed E-state index contributed by atoms with van der Waals surface area (Å²) in [6, 6.07) is 3.72. The number of furan rings is 1. The van der Waals surface area contributed by atoms with Gasteiger partial charge in [0.2, 0.25) is 0 Å². The van der Waals surface area contributed by atoms with Crippen LogP contribution in [0.2, 0.25) is 0 Å². The predicted octanol–water partition coefficient (Wildman–Crippen LogP) is 1.59. The van der Waals surface area contributed by atoms with E-state index in [-0.39, 0.29) is 6.04 Å². The summed E-state index contributed by atoms with van der Waals surface area (Å²) in [6.07, 6.45) is 3.94. The van der Waals surface area contributed by atoms with Gasteiger partial charge in [-0.3, -0.25) is 4.90 Å². The van der Waals surface area contributed by atoms with Gasteiger partial charge in [-0.15, -0.1) is 0 Å².